The number of allylic oxidation sites excluding steroid dienone is 1. The molecule has 0 spiro atoms. The van der Waals surface area contributed by atoms with Crippen LogP contribution in [-0.2, 0) is 0 Å². The zero-order valence-electron chi connectivity index (χ0n) is 11.9. The van der Waals surface area contributed by atoms with E-state index < -0.39 is 0 Å². The molecular weight excluding hydrogens is 224 g/mol. The minimum Gasteiger partial charge on any atom is -0.389 e. The van der Waals surface area contributed by atoms with Crippen molar-refractivity contribution in [1.82, 2.24) is 9.80 Å². The summed E-state index contributed by atoms with van der Waals surface area (Å²) < 4.78 is 0. The van der Waals surface area contributed by atoms with Crippen molar-refractivity contribution in [3.05, 3.63) is 12.2 Å². The highest BCUT2D eigenvalue weighted by Crippen LogP contribution is 2.33. The van der Waals surface area contributed by atoms with E-state index in [-0.39, 0.29) is 6.10 Å². The van der Waals surface area contributed by atoms with Gasteiger partial charge in [-0.25, -0.2) is 0 Å². The standard InChI is InChI=1S/C15H28N2O/c1-15(7-4-3-5-14(18)6-8-15)13-17-11-9-16(2)10-12-17/h3,5,14,18H,4,6-13H2,1-2H3/b5-3-. The van der Waals surface area contributed by atoms with Crippen molar-refractivity contribution in [1.29, 1.82) is 0 Å². The fraction of sp³-hybridized carbons (Fsp3) is 0.867. The molecule has 2 aliphatic rings. The van der Waals surface area contributed by atoms with Crippen LogP contribution in [0.2, 0.25) is 0 Å². The van der Waals surface area contributed by atoms with E-state index in [9.17, 15) is 5.11 Å². The van der Waals surface area contributed by atoms with Gasteiger partial charge < -0.3 is 14.9 Å². The highest BCUT2D eigenvalue weighted by molar-refractivity contribution is 4.95. The molecule has 3 heteroatoms. The van der Waals surface area contributed by atoms with Crippen LogP contribution in [0.3, 0.4) is 0 Å². The first kappa shape index (κ1) is 14.0. The fourth-order valence-electron chi connectivity index (χ4n) is 3.11. The second-order valence-electron chi connectivity index (χ2n) is 6.46. The van der Waals surface area contributed by atoms with Crippen molar-refractivity contribution in [2.75, 3.05) is 39.8 Å². The highest BCUT2D eigenvalue weighted by atomic mass is 16.3. The van der Waals surface area contributed by atoms with E-state index in [0.717, 1.165) is 19.3 Å². The Morgan fingerprint density at radius 1 is 1.22 bits per heavy atom. The molecule has 2 atom stereocenters. The maximum Gasteiger partial charge on any atom is 0.0721 e. The largest absolute Gasteiger partial charge is 0.389 e. The van der Waals surface area contributed by atoms with Gasteiger partial charge in [-0.05, 0) is 38.1 Å². The van der Waals surface area contributed by atoms with E-state index in [1.54, 1.807) is 0 Å². The highest BCUT2D eigenvalue weighted by Gasteiger charge is 2.29. The molecule has 0 amide bonds. The molecule has 1 heterocycles. The monoisotopic (exact) mass is 252 g/mol. The fourth-order valence-corrected chi connectivity index (χ4v) is 3.11. The van der Waals surface area contributed by atoms with Crippen molar-refractivity contribution >= 4 is 0 Å². The average molecular weight is 252 g/mol. The number of piperazine rings is 1. The van der Waals surface area contributed by atoms with Crippen molar-refractivity contribution in [3.63, 3.8) is 0 Å². The van der Waals surface area contributed by atoms with Crippen molar-refractivity contribution in [2.45, 2.75) is 38.7 Å². The Labute approximate surface area is 111 Å². The summed E-state index contributed by atoms with van der Waals surface area (Å²) in [5.74, 6) is 0. The quantitative estimate of drug-likeness (QED) is 0.758. The van der Waals surface area contributed by atoms with Crippen LogP contribution < -0.4 is 0 Å². The lowest BCUT2D eigenvalue weighted by Gasteiger charge is -2.40. The smallest absolute Gasteiger partial charge is 0.0721 e. The summed E-state index contributed by atoms with van der Waals surface area (Å²) in [6, 6.07) is 0. The molecule has 0 saturated carbocycles. The second kappa shape index (κ2) is 6.18. The lowest BCUT2D eigenvalue weighted by atomic mass is 9.78. The maximum atomic E-state index is 9.78. The van der Waals surface area contributed by atoms with Gasteiger partial charge in [-0.15, -0.1) is 0 Å². The third-order valence-corrected chi connectivity index (χ3v) is 4.52. The van der Waals surface area contributed by atoms with Crippen LogP contribution in [0, 0.1) is 5.41 Å². The van der Waals surface area contributed by atoms with Gasteiger partial charge >= 0.3 is 0 Å². The number of likely N-dealkylation sites (N-methyl/N-ethyl adjacent to an activating group) is 1. The SMILES string of the molecule is CN1CCN(CC2(C)CC/C=C\C(O)CC2)CC1. The Morgan fingerprint density at radius 3 is 2.67 bits per heavy atom. The van der Waals surface area contributed by atoms with Gasteiger partial charge in [0.1, 0.15) is 0 Å². The van der Waals surface area contributed by atoms with E-state index >= 15 is 0 Å². The molecule has 1 aliphatic heterocycles. The summed E-state index contributed by atoms with van der Waals surface area (Å²) in [7, 11) is 2.20. The molecule has 104 valence electrons. The van der Waals surface area contributed by atoms with Crippen LogP contribution >= 0.6 is 0 Å². The summed E-state index contributed by atoms with van der Waals surface area (Å²) in [4.78, 5) is 5.02. The summed E-state index contributed by atoms with van der Waals surface area (Å²) >= 11 is 0. The molecule has 2 rings (SSSR count). The van der Waals surface area contributed by atoms with Crippen LogP contribution in [0.5, 0.6) is 0 Å². The normalized spacial score (nSPS) is 38.1. The molecule has 0 radical (unpaired) electrons. The molecule has 18 heavy (non-hydrogen) atoms. The van der Waals surface area contributed by atoms with E-state index in [1.807, 2.05) is 6.08 Å². The van der Waals surface area contributed by atoms with Crippen LogP contribution in [0.1, 0.15) is 32.6 Å². The van der Waals surface area contributed by atoms with Crippen molar-refractivity contribution in [3.8, 4) is 0 Å². The molecule has 0 aromatic heterocycles. The summed E-state index contributed by atoms with van der Waals surface area (Å²) in [5.41, 5.74) is 0.377. The van der Waals surface area contributed by atoms with E-state index in [4.69, 9.17) is 0 Å². The topological polar surface area (TPSA) is 26.7 Å². The van der Waals surface area contributed by atoms with Gasteiger partial charge in [0.15, 0.2) is 0 Å². The van der Waals surface area contributed by atoms with Gasteiger partial charge in [-0.2, -0.15) is 0 Å². The summed E-state index contributed by atoms with van der Waals surface area (Å²) in [5, 5.41) is 9.78. The molecule has 3 nitrogen and oxygen atoms in total. The van der Waals surface area contributed by atoms with Gasteiger partial charge in [0.25, 0.3) is 0 Å². The lowest BCUT2D eigenvalue weighted by molar-refractivity contribution is 0.0822. The second-order valence-corrected chi connectivity index (χ2v) is 6.46. The minimum absolute atomic E-state index is 0.225. The van der Waals surface area contributed by atoms with E-state index in [1.165, 1.54) is 39.1 Å². The third kappa shape index (κ3) is 4.08. The Hall–Kier alpha value is -0.380. The van der Waals surface area contributed by atoms with Gasteiger partial charge in [-0.1, -0.05) is 19.1 Å². The first-order valence-electron chi connectivity index (χ1n) is 7.33. The molecule has 1 N–H and O–H groups in total. The zero-order chi connectivity index (χ0) is 13.0. The zero-order valence-corrected chi connectivity index (χ0v) is 11.9. The molecule has 0 aromatic carbocycles. The van der Waals surface area contributed by atoms with Crippen LogP contribution in [-0.4, -0.2) is 60.8 Å². The third-order valence-electron chi connectivity index (χ3n) is 4.52. The maximum absolute atomic E-state index is 9.78. The van der Waals surface area contributed by atoms with Crippen molar-refractivity contribution in [2.24, 2.45) is 5.41 Å². The molecule has 2 unspecified atom stereocenters. The molecule has 1 aliphatic carbocycles. The first-order chi connectivity index (χ1) is 8.57. The molecular formula is C15H28N2O. The Bertz CT molecular complexity index is 284. The van der Waals surface area contributed by atoms with Gasteiger partial charge in [0, 0.05) is 32.7 Å². The predicted octanol–water partition coefficient (Wildman–Crippen LogP) is 1.73. The Kier molecular flexibility index (Phi) is 4.82. The molecule has 0 aromatic rings. The van der Waals surface area contributed by atoms with Gasteiger partial charge in [0.2, 0.25) is 0 Å². The molecule has 1 fully saturated rings. The van der Waals surface area contributed by atoms with Crippen LogP contribution in [0.25, 0.3) is 0 Å². The molecule has 0 bridgehead atoms. The van der Waals surface area contributed by atoms with E-state index in [0.29, 0.717) is 5.41 Å². The Morgan fingerprint density at radius 2 is 1.94 bits per heavy atom. The number of rotatable bonds is 2. The average Bonchev–Trinajstić information content (AvgIpc) is 2.34. The number of aliphatic hydroxyl groups excluding tert-OH is 1. The number of hydrogen-bond acceptors (Lipinski definition) is 3. The number of aliphatic hydroxyl groups is 1. The van der Waals surface area contributed by atoms with E-state index in [2.05, 4.69) is 29.8 Å². The van der Waals surface area contributed by atoms with Gasteiger partial charge in [0.05, 0.1) is 6.10 Å². The van der Waals surface area contributed by atoms with Crippen molar-refractivity contribution < 1.29 is 5.11 Å². The lowest BCUT2D eigenvalue weighted by Crippen LogP contribution is -2.48. The first-order valence-corrected chi connectivity index (χ1v) is 7.33. The summed E-state index contributed by atoms with van der Waals surface area (Å²) in [6.07, 6.45) is 8.33. The number of nitrogens with zero attached hydrogens (tertiary/aromatic N) is 2. The predicted molar refractivity (Wildman–Crippen MR) is 75.7 cm³/mol. The summed E-state index contributed by atoms with van der Waals surface area (Å²) in [6.45, 7) is 8.38. The van der Waals surface area contributed by atoms with Crippen LogP contribution in [0.4, 0.5) is 0 Å². The molecule has 1 saturated heterocycles. The Balaban J connectivity index is 1.87. The number of hydrogen-bond donors (Lipinski definition) is 1. The van der Waals surface area contributed by atoms with Crippen LogP contribution in [0.15, 0.2) is 12.2 Å². The van der Waals surface area contributed by atoms with Gasteiger partial charge in [-0.3, -0.25) is 0 Å². The minimum atomic E-state index is -0.225.